The van der Waals surface area contributed by atoms with Crippen LogP contribution < -0.4 is 15.4 Å². The summed E-state index contributed by atoms with van der Waals surface area (Å²) in [6.45, 7) is 7.92. The van der Waals surface area contributed by atoms with E-state index in [1.807, 2.05) is 18.2 Å². The predicted octanol–water partition coefficient (Wildman–Crippen LogP) is 3.71. The molecule has 0 saturated heterocycles. The van der Waals surface area contributed by atoms with E-state index in [4.69, 9.17) is 4.74 Å². The van der Waals surface area contributed by atoms with E-state index in [0.29, 0.717) is 13.1 Å². The van der Waals surface area contributed by atoms with Gasteiger partial charge in [0.1, 0.15) is 5.75 Å². The molecule has 124 valence electrons. The van der Waals surface area contributed by atoms with Gasteiger partial charge in [-0.3, -0.25) is 0 Å². The summed E-state index contributed by atoms with van der Waals surface area (Å²) in [7, 11) is 1.68. The van der Waals surface area contributed by atoms with Gasteiger partial charge in [-0.2, -0.15) is 0 Å². The number of fused-ring (bicyclic) bond motifs is 1. The molecule has 0 aliphatic rings. The minimum atomic E-state index is 0. The molecule has 0 radical (unpaired) electrons. The van der Waals surface area contributed by atoms with Crippen molar-refractivity contribution in [3.05, 3.63) is 54.6 Å². The van der Waals surface area contributed by atoms with E-state index >= 15 is 0 Å². The number of aliphatic imine (C=N–C) groups is 1. The first-order valence-corrected chi connectivity index (χ1v) is 7.46. The van der Waals surface area contributed by atoms with Crippen molar-refractivity contribution in [1.82, 2.24) is 10.6 Å². The molecule has 4 nitrogen and oxygen atoms in total. The van der Waals surface area contributed by atoms with Crippen molar-refractivity contribution in [1.29, 1.82) is 0 Å². The molecule has 5 heteroatoms. The Morgan fingerprint density at radius 2 is 1.91 bits per heavy atom. The second kappa shape index (κ2) is 10.1. The van der Waals surface area contributed by atoms with Crippen molar-refractivity contribution in [2.45, 2.75) is 13.5 Å². The second-order valence-corrected chi connectivity index (χ2v) is 4.91. The molecule has 2 rings (SSSR count). The Morgan fingerprint density at radius 1 is 1.17 bits per heavy atom. The van der Waals surface area contributed by atoms with Crippen molar-refractivity contribution < 1.29 is 4.74 Å². The summed E-state index contributed by atoms with van der Waals surface area (Å²) in [4.78, 5) is 4.58. The van der Waals surface area contributed by atoms with Crippen molar-refractivity contribution in [2.24, 2.45) is 4.99 Å². The lowest BCUT2D eigenvalue weighted by Gasteiger charge is -2.09. The van der Waals surface area contributed by atoms with Gasteiger partial charge in [-0.05, 0) is 41.5 Å². The first kappa shape index (κ1) is 19.3. The highest BCUT2D eigenvalue weighted by atomic mass is 127. The van der Waals surface area contributed by atoms with E-state index in [0.717, 1.165) is 18.3 Å². The fourth-order valence-electron chi connectivity index (χ4n) is 2.18. The Balaban J connectivity index is 0.00000264. The molecule has 2 aromatic rings. The van der Waals surface area contributed by atoms with E-state index in [1.54, 1.807) is 7.11 Å². The maximum absolute atomic E-state index is 5.25. The Kier molecular flexibility index (Phi) is 8.47. The molecular formula is C18H24IN3O. The number of hydrogen-bond donors (Lipinski definition) is 2. The van der Waals surface area contributed by atoms with Crippen molar-refractivity contribution >= 4 is 40.7 Å². The van der Waals surface area contributed by atoms with Crippen molar-refractivity contribution in [3.8, 4) is 5.75 Å². The minimum absolute atomic E-state index is 0. The smallest absolute Gasteiger partial charge is 0.191 e. The van der Waals surface area contributed by atoms with Gasteiger partial charge in [0, 0.05) is 13.1 Å². The first-order chi connectivity index (χ1) is 10.8. The molecule has 0 fully saturated rings. The summed E-state index contributed by atoms with van der Waals surface area (Å²) in [6.07, 6.45) is 1.82. The van der Waals surface area contributed by atoms with Gasteiger partial charge in [-0.25, -0.2) is 4.99 Å². The summed E-state index contributed by atoms with van der Waals surface area (Å²) in [5, 5.41) is 8.77. The number of ether oxygens (including phenoxy) is 1. The lowest BCUT2D eigenvalue weighted by atomic mass is 10.1. The van der Waals surface area contributed by atoms with Gasteiger partial charge in [0.2, 0.25) is 0 Å². The summed E-state index contributed by atoms with van der Waals surface area (Å²) in [5.41, 5.74) is 1.17. The molecule has 0 atom stereocenters. The number of rotatable bonds is 6. The molecule has 0 saturated carbocycles. The van der Waals surface area contributed by atoms with E-state index in [9.17, 15) is 0 Å². The van der Waals surface area contributed by atoms with Gasteiger partial charge < -0.3 is 15.4 Å². The Morgan fingerprint density at radius 3 is 2.61 bits per heavy atom. The Bertz CT molecular complexity index is 670. The molecule has 0 spiro atoms. The quantitative estimate of drug-likeness (QED) is 0.321. The van der Waals surface area contributed by atoms with Gasteiger partial charge >= 0.3 is 0 Å². The van der Waals surface area contributed by atoms with Crippen LogP contribution in [0.1, 0.15) is 12.5 Å². The van der Waals surface area contributed by atoms with Crippen LogP contribution in [0, 0.1) is 0 Å². The molecule has 0 bridgehead atoms. The number of guanidine groups is 1. The summed E-state index contributed by atoms with van der Waals surface area (Å²) >= 11 is 0. The van der Waals surface area contributed by atoms with Gasteiger partial charge in [0.05, 0.1) is 13.7 Å². The van der Waals surface area contributed by atoms with Crippen LogP contribution >= 0.6 is 24.0 Å². The van der Waals surface area contributed by atoms with Gasteiger partial charge in [-0.15, -0.1) is 30.6 Å². The van der Waals surface area contributed by atoms with Gasteiger partial charge in [0.15, 0.2) is 5.96 Å². The SMILES string of the molecule is C=CCNC(=NCc1ccc2cc(OC)ccc2c1)NCC.I. The number of halogens is 1. The largest absolute Gasteiger partial charge is 0.497 e. The number of nitrogens with zero attached hydrogens (tertiary/aromatic N) is 1. The topological polar surface area (TPSA) is 45.7 Å². The number of hydrogen-bond acceptors (Lipinski definition) is 2. The van der Waals surface area contributed by atoms with Gasteiger partial charge in [-0.1, -0.05) is 24.3 Å². The summed E-state index contributed by atoms with van der Waals surface area (Å²) in [5.74, 6) is 1.68. The molecule has 2 N–H and O–H groups in total. The normalized spacial score (nSPS) is 10.8. The molecule has 0 amide bonds. The zero-order valence-corrected chi connectivity index (χ0v) is 16.0. The monoisotopic (exact) mass is 425 g/mol. The van der Waals surface area contributed by atoms with Crippen LogP contribution in [0.4, 0.5) is 0 Å². The Hall–Kier alpha value is -1.76. The molecule has 23 heavy (non-hydrogen) atoms. The average molecular weight is 425 g/mol. The standard InChI is InChI=1S/C18H23N3O.HI/c1-4-10-20-18(19-5-2)21-13-14-6-7-16-12-17(22-3)9-8-15(16)11-14;/h4,6-9,11-12H,1,5,10,13H2,2-3H3,(H2,19,20,21);1H. The Labute approximate surface area is 155 Å². The van der Waals surface area contributed by atoms with Gasteiger partial charge in [0.25, 0.3) is 0 Å². The first-order valence-electron chi connectivity index (χ1n) is 7.46. The number of benzene rings is 2. The molecule has 0 heterocycles. The third-order valence-electron chi connectivity index (χ3n) is 3.29. The van der Waals surface area contributed by atoms with E-state index in [1.165, 1.54) is 16.3 Å². The third kappa shape index (κ3) is 5.74. The maximum Gasteiger partial charge on any atom is 0.191 e. The summed E-state index contributed by atoms with van der Waals surface area (Å²) in [6, 6.07) is 12.5. The second-order valence-electron chi connectivity index (χ2n) is 4.91. The molecular weight excluding hydrogens is 401 g/mol. The lowest BCUT2D eigenvalue weighted by molar-refractivity contribution is 0.415. The van der Waals surface area contributed by atoms with Crippen LogP contribution in [0.2, 0.25) is 0 Å². The van der Waals surface area contributed by atoms with Crippen LogP contribution in [0.15, 0.2) is 54.0 Å². The van der Waals surface area contributed by atoms with Crippen LogP contribution in [-0.2, 0) is 6.54 Å². The third-order valence-corrected chi connectivity index (χ3v) is 3.29. The van der Waals surface area contributed by atoms with E-state index in [-0.39, 0.29) is 24.0 Å². The van der Waals surface area contributed by atoms with Crippen LogP contribution in [-0.4, -0.2) is 26.2 Å². The molecule has 0 unspecified atom stereocenters. The van der Waals surface area contributed by atoms with Crippen LogP contribution in [0.25, 0.3) is 10.8 Å². The van der Waals surface area contributed by atoms with E-state index < -0.39 is 0 Å². The zero-order chi connectivity index (χ0) is 15.8. The van der Waals surface area contributed by atoms with Crippen molar-refractivity contribution in [3.63, 3.8) is 0 Å². The summed E-state index contributed by atoms with van der Waals surface area (Å²) < 4.78 is 5.25. The fraction of sp³-hybridized carbons (Fsp3) is 0.278. The number of nitrogens with one attached hydrogen (secondary N) is 2. The highest BCUT2D eigenvalue weighted by Crippen LogP contribution is 2.22. The minimum Gasteiger partial charge on any atom is -0.497 e. The highest BCUT2D eigenvalue weighted by Gasteiger charge is 2.00. The zero-order valence-electron chi connectivity index (χ0n) is 13.6. The van der Waals surface area contributed by atoms with Crippen LogP contribution in [0.3, 0.4) is 0 Å². The highest BCUT2D eigenvalue weighted by molar-refractivity contribution is 14.0. The lowest BCUT2D eigenvalue weighted by Crippen LogP contribution is -2.37. The molecule has 0 aliphatic heterocycles. The number of methoxy groups -OCH3 is 1. The maximum atomic E-state index is 5.25. The molecule has 0 aromatic heterocycles. The predicted molar refractivity (Wildman–Crippen MR) is 109 cm³/mol. The fourth-order valence-corrected chi connectivity index (χ4v) is 2.18. The van der Waals surface area contributed by atoms with Crippen molar-refractivity contribution in [2.75, 3.05) is 20.2 Å². The average Bonchev–Trinajstić information content (AvgIpc) is 2.56. The molecule has 2 aromatic carbocycles. The van der Waals surface area contributed by atoms with Crippen LogP contribution in [0.5, 0.6) is 5.75 Å². The van der Waals surface area contributed by atoms with E-state index in [2.05, 4.69) is 53.4 Å². The molecule has 0 aliphatic carbocycles.